The van der Waals surface area contributed by atoms with Gasteiger partial charge in [0.2, 0.25) is 5.92 Å². The van der Waals surface area contributed by atoms with Gasteiger partial charge < -0.3 is 10.7 Å². The number of primary amides is 1. The number of amides is 1. The number of aromatic nitrogens is 2. The van der Waals surface area contributed by atoms with Gasteiger partial charge in [0.1, 0.15) is 5.69 Å². The van der Waals surface area contributed by atoms with Crippen LogP contribution in [0, 0.1) is 11.6 Å². The lowest BCUT2D eigenvalue weighted by Crippen LogP contribution is -2.26. The number of nitrogens with two attached hydrogens (primary N) is 1. The highest BCUT2D eigenvalue weighted by molar-refractivity contribution is 6.03. The van der Waals surface area contributed by atoms with Crippen LogP contribution in [0.4, 0.5) is 17.6 Å². The van der Waals surface area contributed by atoms with Gasteiger partial charge in [0.25, 0.3) is 5.91 Å². The first-order valence-corrected chi connectivity index (χ1v) is 9.27. The highest BCUT2D eigenvalue weighted by atomic mass is 19.3. The summed E-state index contributed by atoms with van der Waals surface area (Å²) in [6.07, 6.45) is 1.99. The van der Waals surface area contributed by atoms with Crippen LogP contribution in [0.5, 0.6) is 0 Å². The monoisotopic (exact) mass is 421 g/mol. The molecule has 3 N–H and O–H groups in total. The molecule has 158 valence electrons. The average molecular weight is 421 g/mol. The van der Waals surface area contributed by atoms with E-state index in [1.54, 1.807) is 0 Å². The van der Waals surface area contributed by atoms with E-state index in [0.29, 0.717) is 24.1 Å². The molecule has 5 nitrogen and oxygen atoms in total. The number of nitrogens with one attached hydrogen (secondary N) is 1. The van der Waals surface area contributed by atoms with Crippen molar-refractivity contribution in [2.75, 3.05) is 0 Å². The lowest BCUT2D eigenvalue weighted by molar-refractivity contribution is -0.0412. The predicted octanol–water partition coefficient (Wildman–Crippen LogP) is 4.28. The summed E-state index contributed by atoms with van der Waals surface area (Å²) < 4.78 is 51.0. The molecule has 30 heavy (non-hydrogen) atoms. The first-order valence-electron chi connectivity index (χ1n) is 9.27. The molecule has 1 fully saturated rings. The summed E-state index contributed by atoms with van der Waals surface area (Å²) in [4.78, 5) is 30.4. The van der Waals surface area contributed by atoms with Gasteiger partial charge in [-0.3, -0.25) is 14.6 Å². The largest absolute Gasteiger partial charge is 0.364 e. The number of nitrogens with zero attached hydrogens (tertiary/aromatic N) is 1. The van der Waals surface area contributed by atoms with Crippen LogP contribution in [0.3, 0.4) is 0 Å². The minimum absolute atomic E-state index is 0.0984. The third kappa shape index (κ3) is 4.84. The molecule has 1 saturated carbocycles. The number of pyridine rings is 2. The fraction of sp³-hybridized carbons (Fsp3) is 0.286. The van der Waals surface area contributed by atoms with Crippen molar-refractivity contribution >= 4 is 16.8 Å². The van der Waals surface area contributed by atoms with Gasteiger partial charge >= 0.3 is 0 Å². The average Bonchev–Trinajstić information content (AvgIpc) is 2.69. The van der Waals surface area contributed by atoms with Crippen LogP contribution in [-0.2, 0) is 0 Å². The van der Waals surface area contributed by atoms with Crippen LogP contribution in [-0.4, -0.2) is 21.8 Å². The van der Waals surface area contributed by atoms with Gasteiger partial charge in [0.05, 0.1) is 10.9 Å². The second kappa shape index (κ2) is 8.64. The normalized spacial score (nSPS) is 17.8. The van der Waals surface area contributed by atoms with Gasteiger partial charge in [-0.25, -0.2) is 17.6 Å². The number of benzene rings is 1. The van der Waals surface area contributed by atoms with Crippen LogP contribution in [0.2, 0.25) is 0 Å². The second-order valence-electron chi connectivity index (χ2n) is 7.10. The SMILES string of the molecule is Fc1ccccc1F.NC(=O)c1nccc2[nH]c([C@H]3CCCC(F)(F)C3)cc(=O)c12. The Morgan fingerprint density at radius 3 is 2.40 bits per heavy atom. The number of carbonyl (C=O) groups excluding carboxylic acids is 1. The molecule has 1 aromatic carbocycles. The zero-order chi connectivity index (χ0) is 21.9. The molecule has 9 heteroatoms. The van der Waals surface area contributed by atoms with Crippen molar-refractivity contribution in [2.24, 2.45) is 5.73 Å². The van der Waals surface area contributed by atoms with Crippen molar-refractivity contribution in [2.45, 2.75) is 37.5 Å². The molecule has 0 spiro atoms. The molecule has 4 rings (SSSR count). The quantitative estimate of drug-likeness (QED) is 0.606. The van der Waals surface area contributed by atoms with Crippen LogP contribution >= 0.6 is 0 Å². The van der Waals surface area contributed by atoms with Crippen molar-refractivity contribution in [3.05, 3.63) is 75.8 Å². The molecular formula is C21H19F4N3O2. The fourth-order valence-corrected chi connectivity index (χ4v) is 3.50. The van der Waals surface area contributed by atoms with Gasteiger partial charge in [-0.2, -0.15) is 0 Å². The highest BCUT2D eigenvalue weighted by Gasteiger charge is 2.37. The Morgan fingerprint density at radius 2 is 1.83 bits per heavy atom. The summed E-state index contributed by atoms with van der Waals surface area (Å²) in [5.41, 5.74) is 5.53. The topological polar surface area (TPSA) is 88.8 Å². The predicted molar refractivity (Wildman–Crippen MR) is 103 cm³/mol. The van der Waals surface area contributed by atoms with E-state index in [1.165, 1.54) is 30.5 Å². The fourth-order valence-electron chi connectivity index (χ4n) is 3.50. The van der Waals surface area contributed by atoms with Gasteiger partial charge in [-0.05, 0) is 31.0 Å². The molecule has 0 saturated heterocycles. The minimum Gasteiger partial charge on any atom is -0.364 e. The molecular weight excluding hydrogens is 402 g/mol. The third-order valence-electron chi connectivity index (χ3n) is 4.90. The molecule has 1 aliphatic carbocycles. The lowest BCUT2D eigenvalue weighted by Gasteiger charge is -2.29. The smallest absolute Gasteiger partial charge is 0.268 e. The first kappa shape index (κ1) is 21.5. The van der Waals surface area contributed by atoms with Crippen molar-refractivity contribution in [1.82, 2.24) is 9.97 Å². The van der Waals surface area contributed by atoms with Crippen LogP contribution in [0.1, 0.15) is 47.8 Å². The van der Waals surface area contributed by atoms with Gasteiger partial charge in [-0.15, -0.1) is 0 Å². The number of fused-ring (bicyclic) bond motifs is 1. The summed E-state index contributed by atoms with van der Waals surface area (Å²) in [5, 5.41) is 0.0984. The Morgan fingerprint density at radius 1 is 1.17 bits per heavy atom. The number of halogens is 4. The Kier molecular flexibility index (Phi) is 6.19. The standard InChI is InChI=1S/C15H15F2N3O2.C6H4F2/c16-15(17)4-1-2-8(7-15)10-6-11(21)12-9(20-10)3-5-19-13(12)14(18)22;7-5-3-1-2-4-6(5)8/h3,5-6,8H,1-2,4,7H2,(H2,18,22)(H,20,21);1-4H/t8-;/m0./s1. The summed E-state index contributed by atoms with van der Waals surface area (Å²) in [7, 11) is 0. The molecule has 0 aliphatic heterocycles. The maximum Gasteiger partial charge on any atom is 0.268 e. The zero-order valence-corrected chi connectivity index (χ0v) is 15.8. The number of carbonyl (C=O) groups is 1. The number of H-pyrrole nitrogens is 1. The minimum atomic E-state index is -2.70. The van der Waals surface area contributed by atoms with Crippen molar-refractivity contribution in [3.8, 4) is 0 Å². The zero-order valence-electron chi connectivity index (χ0n) is 15.8. The summed E-state index contributed by atoms with van der Waals surface area (Å²) in [5.74, 6) is -5.50. The summed E-state index contributed by atoms with van der Waals surface area (Å²) in [6, 6.07) is 7.86. The maximum absolute atomic E-state index is 13.6. The van der Waals surface area contributed by atoms with Crippen LogP contribution < -0.4 is 11.2 Å². The molecule has 2 aromatic heterocycles. The molecule has 1 amide bonds. The third-order valence-corrected chi connectivity index (χ3v) is 4.90. The number of hydrogen-bond acceptors (Lipinski definition) is 3. The van der Waals surface area contributed by atoms with E-state index in [4.69, 9.17) is 5.73 Å². The van der Waals surface area contributed by atoms with E-state index in [2.05, 4.69) is 9.97 Å². The Hall–Kier alpha value is -3.23. The summed E-state index contributed by atoms with van der Waals surface area (Å²) in [6.45, 7) is 0. The van der Waals surface area contributed by atoms with Gasteiger partial charge in [0, 0.05) is 36.7 Å². The van der Waals surface area contributed by atoms with Crippen molar-refractivity contribution in [3.63, 3.8) is 0 Å². The Balaban J connectivity index is 0.000000269. The van der Waals surface area contributed by atoms with E-state index >= 15 is 0 Å². The lowest BCUT2D eigenvalue weighted by atomic mass is 9.84. The molecule has 0 unspecified atom stereocenters. The molecule has 1 aliphatic rings. The molecule has 2 heterocycles. The van der Waals surface area contributed by atoms with E-state index in [-0.39, 0.29) is 23.9 Å². The Labute approximate surface area is 168 Å². The van der Waals surface area contributed by atoms with E-state index in [0.717, 1.165) is 12.1 Å². The molecule has 1 atom stereocenters. The van der Waals surface area contributed by atoms with Crippen LogP contribution in [0.15, 0.2) is 47.4 Å². The van der Waals surface area contributed by atoms with E-state index in [1.807, 2.05) is 0 Å². The number of aromatic amines is 1. The van der Waals surface area contributed by atoms with Gasteiger partial charge in [-0.1, -0.05) is 12.1 Å². The molecule has 3 aromatic rings. The number of alkyl halides is 2. The van der Waals surface area contributed by atoms with Crippen molar-refractivity contribution < 1.29 is 22.4 Å². The Bertz CT molecular complexity index is 1110. The van der Waals surface area contributed by atoms with Crippen molar-refractivity contribution in [1.29, 1.82) is 0 Å². The highest BCUT2D eigenvalue weighted by Crippen LogP contribution is 2.41. The maximum atomic E-state index is 13.6. The number of hydrogen-bond donors (Lipinski definition) is 2. The second-order valence-corrected chi connectivity index (χ2v) is 7.10. The van der Waals surface area contributed by atoms with Gasteiger partial charge in [0.15, 0.2) is 17.1 Å². The molecule has 0 radical (unpaired) electrons. The number of rotatable bonds is 2. The van der Waals surface area contributed by atoms with E-state index in [9.17, 15) is 27.2 Å². The summed E-state index contributed by atoms with van der Waals surface area (Å²) >= 11 is 0. The van der Waals surface area contributed by atoms with E-state index < -0.39 is 34.8 Å². The van der Waals surface area contributed by atoms with Crippen LogP contribution in [0.25, 0.3) is 10.9 Å². The first-order chi connectivity index (χ1) is 14.2. The molecule has 0 bridgehead atoms.